The third-order valence-corrected chi connectivity index (χ3v) is 5.41. The topological polar surface area (TPSA) is 70.7 Å². The Balaban J connectivity index is 1.63. The van der Waals surface area contributed by atoms with E-state index in [-0.39, 0.29) is 16.9 Å². The molecule has 33 heavy (non-hydrogen) atoms. The van der Waals surface area contributed by atoms with E-state index in [1.165, 1.54) is 0 Å². The molecule has 2 amide bonds. The van der Waals surface area contributed by atoms with E-state index in [9.17, 15) is 9.59 Å². The lowest BCUT2D eigenvalue weighted by Gasteiger charge is -2.17. The van der Waals surface area contributed by atoms with Crippen LogP contribution in [0.3, 0.4) is 0 Å². The number of hydrogen-bond donors (Lipinski definition) is 2. The number of hydrogen-bond acceptors (Lipinski definition) is 4. The molecule has 0 spiro atoms. The number of carbonyl (C=O) groups excluding carboxylic acids is 2. The molecule has 0 fully saturated rings. The van der Waals surface area contributed by atoms with Gasteiger partial charge in [-0.25, -0.2) is 0 Å². The highest BCUT2D eigenvalue weighted by Crippen LogP contribution is 2.23. The molecule has 0 saturated heterocycles. The Morgan fingerprint density at radius 1 is 1.03 bits per heavy atom. The molecule has 0 heterocycles. The summed E-state index contributed by atoms with van der Waals surface area (Å²) in [5, 5.41) is 5.78. The number of rotatable bonds is 7. The lowest BCUT2D eigenvalue weighted by molar-refractivity contribution is 0.0970. The molecule has 0 aromatic heterocycles. The second kappa shape index (κ2) is 11.6. The summed E-state index contributed by atoms with van der Waals surface area (Å²) in [7, 11) is 1.73. The lowest BCUT2D eigenvalue weighted by atomic mass is 10.1. The molecule has 0 unspecified atom stereocenters. The van der Waals surface area contributed by atoms with E-state index in [2.05, 4.69) is 26.6 Å². The van der Waals surface area contributed by atoms with E-state index in [1.54, 1.807) is 48.3 Å². The summed E-state index contributed by atoms with van der Waals surface area (Å²) in [5.74, 6) is -0.0140. The summed E-state index contributed by atoms with van der Waals surface area (Å²) >= 11 is 8.68. The first-order valence-corrected chi connectivity index (χ1v) is 11.6. The van der Waals surface area contributed by atoms with Gasteiger partial charge < -0.3 is 15.0 Å². The van der Waals surface area contributed by atoms with Crippen LogP contribution in [-0.2, 0) is 0 Å². The van der Waals surface area contributed by atoms with Crippen molar-refractivity contribution in [3.8, 4) is 5.75 Å². The third kappa shape index (κ3) is 6.63. The van der Waals surface area contributed by atoms with E-state index in [1.807, 2.05) is 43.3 Å². The molecule has 0 saturated carbocycles. The number of amides is 2. The number of nitrogens with zero attached hydrogens (tertiary/aromatic N) is 1. The number of para-hydroxylation sites is 1. The number of thiocarbonyl (C=S) groups is 1. The van der Waals surface area contributed by atoms with Crippen molar-refractivity contribution in [3.05, 3.63) is 88.4 Å². The van der Waals surface area contributed by atoms with Crippen LogP contribution in [0.25, 0.3) is 0 Å². The Labute approximate surface area is 207 Å². The van der Waals surface area contributed by atoms with Crippen molar-refractivity contribution in [2.45, 2.75) is 13.3 Å². The quantitative estimate of drug-likeness (QED) is 0.390. The standard InChI is InChI=1S/C25H24BrN3O3S/c1-3-15-32-22-14-11-18(26)16-21(22)23(30)28-25(33)27-19-12-9-17(10-13-19)24(31)29(2)20-7-5-4-6-8-20/h4-14,16H,3,15H2,1-2H3,(H2,27,28,30,33). The minimum absolute atomic E-state index is 0.127. The molecule has 2 N–H and O–H groups in total. The maximum atomic E-state index is 12.7. The fourth-order valence-corrected chi connectivity index (χ4v) is 3.58. The Kier molecular flexibility index (Phi) is 8.57. The molecule has 0 aliphatic rings. The Morgan fingerprint density at radius 3 is 2.39 bits per heavy atom. The summed E-state index contributed by atoms with van der Waals surface area (Å²) in [4.78, 5) is 27.1. The summed E-state index contributed by atoms with van der Waals surface area (Å²) in [5.41, 5.74) is 2.37. The van der Waals surface area contributed by atoms with Gasteiger partial charge in [0.2, 0.25) is 0 Å². The fourth-order valence-electron chi connectivity index (χ4n) is 3.01. The second-order valence-corrected chi connectivity index (χ2v) is 8.50. The molecule has 0 radical (unpaired) electrons. The predicted molar refractivity (Wildman–Crippen MR) is 139 cm³/mol. The number of anilines is 2. The first-order valence-electron chi connectivity index (χ1n) is 10.4. The molecule has 0 atom stereocenters. The van der Waals surface area contributed by atoms with Gasteiger partial charge >= 0.3 is 0 Å². The Hall–Kier alpha value is -3.23. The van der Waals surface area contributed by atoms with E-state index < -0.39 is 0 Å². The van der Waals surface area contributed by atoms with E-state index in [0.717, 1.165) is 16.6 Å². The molecular formula is C25H24BrN3O3S. The van der Waals surface area contributed by atoms with Gasteiger partial charge in [-0.05, 0) is 73.2 Å². The zero-order valence-corrected chi connectivity index (χ0v) is 20.7. The number of ether oxygens (including phenoxy) is 1. The van der Waals surface area contributed by atoms with Crippen molar-refractivity contribution in [2.75, 3.05) is 23.9 Å². The van der Waals surface area contributed by atoms with Crippen LogP contribution in [-0.4, -0.2) is 30.6 Å². The molecule has 0 aliphatic carbocycles. The van der Waals surface area contributed by atoms with E-state index >= 15 is 0 Å². The molecular weight excluding hydrogens is 502 g/mol. The molecule has 3 aromatic carbocycles. The van der Waals surface area contributed by atoms with Gasteiger partial charge in [-0.2, -0.15) is 0 Å². The number of halogens is 1. The summed E-state index contributed by atoms with van der Waals surface area (Å²) in [6.45, 7) is 2.51. The number of benzene rings is 3. The maximum Gasteiger partial charge on any atom is 0.261 e. The first-order chi connectivity index (χ1) is 15.9. The van der Waals surface area contributed by atoms with Crippen molar-refractivity contribution in [1.29, 1.82) is 0 Å². The van der Waals surface area contributed by atoms with Gasteiger partial charge in [0, 0.05) is 28.5 Å². The average molecular weight is 526 g/mol. The highest BCUT2D eigenvalue weighted by molar-refractivity contribution is 9.10. The number of carbonyl (C=O) groups is 2. The van der Waals surface area contributed by atoms with Gasteiger partial charge in [0.15, 0.2) is 5.11 Å². The van der Waals surface area contributed by atoms with Crippen LogP contribution in [0.4, 0.5) is 11.4 Å². The van der Waals surface area contributed by atoms with Crippen molar-refractivity contribution >= 4 is 56.4 Å². The zero-order valence-electron chi connectivity index (χ0n) is 18.3. The van der Waals surface area contributed by atoms with Gasteiger partial charge in [-0.1, -0.05) is 41.1 Å². The van der Waals surface area contributed by atoms with Crippen LogP contribution in [0, 0.1) is 0 Å². The van der Waals surface area contributed by atoms with Crippen molar-refractivity contribution in [3.63, 3.8) is 0 Å². The molecule has 3 aromatic rings. The zero-order chi connectivity index (χ0) is 23.8. The summed E-state index contributed by atoms with van der Waals surface area (Å²) < 4.78 is 6.43. The van der Waals surface area contributed by atoms with Crippen LogP contribution in [0.2, 0.25) is 0 Å². The Bertz CT molecular complexity index is 1140. The number of nitrogens with one attached hydrogen (secondary N) is 2. The van der Waals surface area contributed by atoms with Gasteiger partial charge in [0.1, 0.15) is 5.75 Å². The van der Waals surface area contributed by atoms with Gasteiger partial charge in [0.25, 0.3) is 11.8 Å². The minimum atomic E-state index is -0.379. The molecule has 170 valence electrons. The average Bonchev–Trinajstić information content (AvgIpc) is 2.83. The van der Waals surface area contributed by atoms with Gasteiger partial charge in [-0.3, -0.25) is 14.9 Å². The third-order valence-electron chi connectivity index (χ3n) is 4.71. The van der Waals surface area contributed by atoms with Gasteiger partial charge in [0.05, 0.1) is 12.2 Å². The van der Waals surface area contributed by atoms with Crippen LogP contribution in [0.15, 0.2) is 77.3 Å². The maximum absolute atomic E-state index is 12.7. The predicted octanol–water partition coefficient (Wildman–Crippen LogP) is 5.64. The smallest absolute Gasteiger partial charge is 0.261 e. The molecule has 8 heteroatoms. The lowest BCUT2D eigenvalue weighted by Crippen LogP contribution is -2.34. The molecule has 0 bridgehead atoms. The van der Waals surface area contributed by atoms with E-state index in [0.29, 0.717) is 29.2 Å². The SMILES string of the molecule is CCCOc1ccc(Br)cc1C(=O)NC(=S)Nc1ccc(C(=O)N(C)c2ccccc2)cc1. The minimum Gasteiger partial charge on any atom is -0.493 e. The van der Waals surface area contributed by atoms with Crippen molar-refractivity contribution in [2.24, 2.45) is 0 Å². The van der Waals surface area contributed by atoms with Crippen LogP contribution in [0.1, 0.15) is 34.1 Å². The largest absolute Gasteiger partial charge is 0.493 e. The molecule has 6 nitrogen and oxygen atoms in total. The Morgan fingerprint density at radius 2 is 1.73 bits per heavy atom. The normalized spacial score (nSPS) is 10.3. The van der Waals surface area contributed by atoms with Crippen molar-refractivity contribution < 1.29 is 14.3 Å². The van der Waals surface area contributed by atoms with Crippen LogP contribution < -0.4 is 20.3 Å². The monoisotopic (exact) mass is 525 g/mol. The van der Waals surface area contributed by atoms with Gasteiger partial charge in [-0.15, -0.1) is 0 Å². The highest BCUT2D eigenvalue weighted by atomic mass is 79.9. The first kappa shape index (κ1) is 24.4. The molecule has 0 aliphatic heterocycles. The fraction of sp³-hybridized carbons (Fsp3) is 0.160. The van der Waals surface area contributed by atoms with Crippen LogP contribution >= 0.6 is 28.1 Å². The summed E-state index contributed by atoms with van der Waals surface area (Å²) in [6, 6.07) is 21.6. The highest BCUT2D eigenvalue weighted by Gasteiger charge is 2.16. The van der Waals surface area contributed by atoms with Crippen molar-refractivity contribution in [1.82, 2.24) is 5.32 Å². The summed E-state index contributed by atoms with van der Waals surface area (Å²) in [6.07, 6.45) is 0.830. The van der Waals surface area contributed by atoms with E-state index in [4.69, 9.17) is 17.0 Å². The molecule has 3 rings (SSSR count). The van der Waals surface area contributed by atoms with Crippen LogP contribution in [0.5, 0.6) is 5.75 Å². The second-order valence-electron chi connectivity index (χ2n) is 7.17.